The van der Waals surface area contributed by atoms with Crippen molar-refractivity contribution in [1.82, 2.24) is 0 Å². The number of anilines is 2. The predicted octanol–water partition coefficient (Wildman–Crippen LogP) is 5.39. The molecule has 1 atom stereocenters. The van der Waals surface area contributed by atoms with Crippen LogP contribution in [0.3, 0.4) is 0 Å². The SMILES string of the molecule is O=C(CN1C(=O)CC(c2ccc3c(c2)OCO3)Sc2ccccc21)Nc1ccc(Br)cc1. The van der Waals surface area contributed by atoms with E-state index in [1.807, 2.05) is 66.7 Å². The lowest BCUT2D eigenvalue weighted by Crippen LogP contribution is -2.38. The average Bonchev–Trinajstić information content (AvgIpc) is 3.22. The molecule has 0 saturated heterocycles. The summed E-state index contributed by atoms with van der Waals surface area (Å²) < 4.78 is 11.8. The van der Waals surface area contributed by atoms with Crippen molar-refractivity contribution in [3.63, 3.8) is 0 Å². The Morgan fingerprint density at radius 2 is 1.84 bits per heavy atom. The molecule has 32 heavy (non-hydrogen) atoms. The first-order valence-corrected chi connectivity index (χ1v) is 11.7. The fraction of sp³-hybridized carbons (Fsp3) is 0.167. The van der Waals surface area contributed by atoms with Crippen LogP contribution in [-0.2, 0) is 9.59 Å². The van der Waals surface area contributed by atoms with E-state index in [0.717, 1.165) is 20.6 Å². The molecule has 0 aliphatic carbocycles. The quantitative estimate of drug-likeness (QED) is 0.509. The van der Waals surface area contributed by atoms with Crippen LogP contribution in [0.4, 0.5) is 11.4 Å². The Labute approximate surface area is 198 Å². The van der Waals surface area contributed by atoms with Gasteiger partial charge >= 0.3 is 0 Å². The van der Waals surface area contributed by atoms with Gasteiger partial charge < -0.3 is 19.7 Å². The lowest BCUT2D eigenvalue weighted by molar-refractivity contribution is -0.121. The zero-order valence-electron chi connectivity index (χ0n) is 16.9. The Bertz CT molecular complexity index is 1180. The third-order valence-electron chi connectivity index (χ3n) is 5.28. The molecule has 0 saturated carbocycles. The van der Waals surface area contributed by atoms with Crippen molar-refractivity contribution in [3.8, 4) is 11.5 Å². The minimum Gasteiger partial charge on any atom is -0.454 e. The van der Waals surface area contributed by atoms with E-state index >= 15 is 0 Å². The fourth-order valence-electron chi connectivity index (χ4n) is 3.73. The molecular formula is C24H19BrN2O4S. The number of fused-ring (bicyclic) bond motifs is 2. The van der Waals surface area contributed by atoms with Crippen LogP contribution in [0.1, 0.15) is 17.2 Å². The number of para-hydroxylation sites is 1. The molecule has 2 aliphatic heterocycles. The summed E-state index contributed by atoms with van der Waals surface area (Å²) in [6, 6.07) is 20.8. The standard InChI is InChI=1S/C24H19BrN2O4S/c25-16-6-8-17(9-7-16)26-23(28)13-27-18-3-1-2-4-21(18)32-22(12-24(27)29)15-5-10-19-20(11-15)31-14-30-19/h1-11,22H,12-14H2,(H,26,28). The van der Waals surface area contributed by atoms with Crippen LogP contribution in [0.5, 0.6) is 11.5 Å². The first kappa shape index (κ1) is 20.9. The molecule has 2 aliphatic rings. The van der Waals surface area contributed by atoms with Crippen molar-refractivity contribution in [2.45, 2.75) is 16.6 Å². The molecule has 0 aromatic heterocycles. The van der Waals surface area contributed by atoms with Crippen LogP contribution >= 0.6 is 27.7 Å². The molecule has 162 valence electrons. The lowest BCUT2D eigenvalue weighted by Gasteiger charge is -2.22. The van der Waals surface area contributed by atoms with E-state index in [0.29, 0.717) is 17.2 Å². The fourth-order valence-corrected chi connectivity index (χ4v) is 5.26. The number of halogens is 1. The van der Waals surface area contributed by atoms with E-state index in [2.05, 4.69) is 21.2 Å². The van der Waals surface area contributed by atoms with Crippen molar-refractivity contribution in [1.29, 1.82) is 0 Å². The topological polar surface area (TPSA) is 67.9 Å². The molecule has 8 heteroatoms. The third kappa shape index (κ3) is 4.33. The Hall–Kier alpha value is -2.97. The highest BCUT2D eigenvalue weighted by molar-refractivity contribution is 9.10. The van der Waals surface area contributed by atoms with Gasteiger partial charge in [0.2, 0.25) is 18.6 Å². The van der Waals surface area contributed by atoms with Gasteiger partial charge in [-0.1, -0.05) is 34.1 Å². The zero-order chi connectivity index (χ0) is 22.1. The number of nitrogens with zero attached hydrogens (tertiary/aromatic N) is 1. The van der Waals surface area contributed by atoms with Crippen LogP contribution < -0.4 is 19.7 Å². The summed E-state index contributed by atoms with van der Waals surface area (Å²) in [6.07, 6.45) is 0.268. The summed E-state index contributed by atoms with van der Waals surface area (Å²) in [4.78, 5) is 28.6. The monoisotopic (exact) mass is 510 g/mol. The molecule has 0 radical (unpaired) electrons. The van der Waals surface area contributed by atoms with Crippen LogP contribution in [0.15, 0.2) is 76.1 Å². The molecule has 5 rings (SSSR count). The Kier molecular flexibility index (Phi) is 5.80. The summed E-state index contributed by atoms with van der Waals surface area (Å²) in [6.45, 7) is 0.153. The van der Waals surface area contributed by atoms with Crippen molar-refractivity contribution in [2.75, 3.05) is 23.6 Å². The predicted molar refractivity (Wildman–Crippen MR) is 127 cm³/mol. The van der Waals surface area contributed by atoms with Gasteiger partial charge in [0.25, 0.3) is 0 Å². The smallest absolute Gasteiger partial charge is 0.244 e. The van der Waals surface area contributed by atoms with E-state index in [9.17, 15) is 9.59 Å². The highest BCUT2D eigenvalue weighted by atomic mass is 79.9. The van der Waals surface area contributed by atoms with Crippen molar-refractivity contribution in [2.24, 2.45) is 0 Å². The number of ether oxygens (including phenoxy) is 2. The maximum absolute atomic E-state index is 13.3. The van der Waals surface area contributed by atoms with Gasteiger partial charge in [-0.05, 0) is 54.1 Å². The second-order valence-corrected chi connectivity index (χ2v) is 9.59. The summed E-state index contributed by atoms with van der Waals surface area (Å²) in [7, 11) is 0. The number of thioether (sulfide) groups is 1. The second kappa shape index (κ2) is 8.88. The van der Waals surface area contributed by atoms with E-state index in [4.69, 9.17) is 9.47 Å². The number of hydrogen-bond acceptors (Lipinski definition) is 5. The van der Waals surface area contributed by atoms with Gasteiger partial charge in [0.1, 0.15) is 6.54 Å². The molecule has 2 heterocycles. The number of benzene rings is 3. The summed E-state index contributed by atoms with van der Waals surface area (Å²) >= 11 is 5.01. The molecule has 0 bridgehead atoms. The number of nitrogens with one attached hydrogen (secondary N) is 1. The Morgan fingerprint density at radius 3 is 2.69 bits per heavy atom. The van der Waals surface area contributed by atoms with Gasteiger partial charge in [-0.25, -0.2) is 0 Å². The van der Waals surface area contributed by atoms with Crippen molar-refractivity contribution < 1.29 is 19.1 Å². The van der Waals surface area contributed by atoms with Crippen LogP contribution in [0.25, 0.3) is 0 Å². The maximum Gasteiger partial charge on any atom is 0.244 e. The average molecular weight is 511 g/mol. The molecule has 3 aromatic carbocycles. The number of carbonyl (C=O) groups is 2. The lowest BCUT2D eigenvalue weighted by atomic mass is 10.1. The molecule has 1 N–H and O–H groups in total. The first-order valence-electron chi connectivity index (χ1n) is 10.1. The summed E-state index contributed by atoms with van der Waals surface area (Å²) in [5.74, 6) is 1.06. The number of rotatable bonds is 4. The minimum atomic E-state index is -0.248. The summed E-state index contributed by atoms with van der Waals surface area (Å²) in [5, 5.41) is 2.77. The van der Waals surface area contributed by atoms with Crippen LogP contribution in [-0.4, -0.2) is 25.2 Å². The molecule has 0 fully saturated rings. The van der Waals surface area contributed by atoms with Gasteiger partial charge in [-0.3, -0.25) is 9.59 Å². The third-order valence-corrected chi connectivity index (χ3v) is 7.14. The van der Waals surface area contributed by atoms with Gasteiger partial charge in [0.05, 0.1) is 5.69 Å². The van der Waals surface area contributed by atoms with Crippen molar-refractivity contribution >= 4 is 50.9 Å². The van der Waals surface area contributed by atoms with E-state index in [-0.39, 0.29) is 36.8 Å². The Balaban J connectivity index is 1.39. The van der Waals surface area contributed by atoms with E-state index < -0.39 is 0 Å². The number of hydrogen-bond donors (Lipinski definition) is 1. The maximum atomic E-state index is 13.3. The van der Waals surface area contributed by atoms with E-state index in [1.54, 1.807) is 16.7 Å². The second-order valence-electron chi connectivity index (χ2n) is 7.43. The number of carbonyl (C=O) groups excluding carboxylic acids is 2. The van der Waals surface area contributed by atoms with Gasteiger partial charge in [-0.15, -0.1) is 11.8 Å². The molecule has 2 amide bonds. The van der Waals surface area contributed by atoms with Crippen molar-refractivity contribution in [3.05, 3.63) is 76.8 Å². The van der Waals surface area contributed by atoms with Crippen LogP contribution in [0.2, 0.25) is 0 Å². The molecule has 1 unspecified atom stereocenters. The van der Waals surface area contributed by atoms with E-state index in [1.165, 1.54) is 0 Å². The Morgan fingerprint density at radius 1 is 1.06 bits per heavy atom. The molecule has 3 aromatic rings. The molecular weight excluding hydrogens is 492 g/mol. The zero-order valence-corrected chi connectivity index (χ0v) is 19.3. The highest BCUT2D eigenvalue weighted by Gasteiger charge is 2.31. The normalized spacial score (nSPS) is 17.0. The highest BCUT2D eigenvalue weighted by Crippen LogP contribution is 2.47. The first-order chi connectivity index (χ1) is 15.6. The molecule has 6 nitrogen and oxygen atoms in total. The van der Waals surface area contributed by atoms with Gasteiger partial charge in [0, 0.05) is 26.7 Å². The molecule has 0 spiro atoms. The number of amides is 2. The minimum absolute atomic E-state index is 0.0552. The van der Waals surface area contributed by atoms with Gasteiger partial charge in [-0.2, -0.15) is 0 Å². The van der Waals surface area contributed by atoms with Crippen LogP contribution in [0, 0.1) is 0 Å². The van der Waals surface area contributed by atoms with Gasteiger partial charge in [0.15, 0.2) is 11.5 Å². The summed E-state index contributed by atoms with van der Waals surface area (Å²) in [5.41, 5.74) is 2.42. The largest absolute Gasteiger partial charge is 0.454 e.